The van der Waals surface area contributed by atoms with E-state index in [1.807, 2.05) is 31.3 Å². The van der Waals surface area contributed by atoms with E-state index < -0.39 is 0 Å². The summed E-state index contributed by atoms with van der Waals surface area (Å²) in [6.45, 7) is 3.99. The van der Waals surface area contributed by atoms with Crippen LogP contribution in [0.4, 0.5) is 0 Å². The molecule has 1 atom stereocenters. The molecular formula is C21H23N3OS. The Morgan fingerprint density at radius 3 is 2.35 bits per heavy atom. The van der Waals surface area contributed by atoms with Gasteiger partial charge < -0.3 is 4.90 Å². The topological polar surface area (TPSA) is 38.1 Å². The minimum absolute atomic E-state index is 0.0784. The van der Waals surface area contributed by atoms with Crippen LogP contribution in [0, 0.1) is 6.92 Å². The van der Waals surface area contributed by atoms with Crippen LogP contribution in [0.1, 0.15) is 12.5 Å². The van der Waals surface area contributed by atoms with Gasteiger partial charge in [0.15, 0.2) is 5.16 Å². The molecule has 0 spiro atoms. The van der Waals surface area contributed by atoms with Gasteiger partial charge in [-0.25, -0.2) is 4.98 Å². The van der Waals surface area contributed by atoms with Gasteiger partial charge in [-0.05, 0) is 26.0 Å². The molecule has 0 bridgehead atoms. The lowest BCUT2D eigenvalue weighted by Crippen LogP contribution is -2.29. The Morgan fingerprint density at radius 2 is 1.73 bits per heavy atom. The summed E-state index contributed by atoms with van der Waals surface area (Å²) in [4.78, 5) is 18.5. The third kappa shape index (κ3) is 3.83. The summed E-state index contributed by atoms with van der Waals surface area (Å²) in [5, 5.41) is 0.607. The standard InChI is InChI=1S/C21H23N3OS/c1-15-10-12-18(13-11-15)24-19(17-8-6-5-7-9-17)14-22-21(24)26-16(2)20(25)23(3)4/h5-14,16H,1-4H3. The van der Waals surface area contributed by atoms with Gasteiger partial charge in [0, 0.05) is 25.3 Å². The van der Waals surface area contributed by atoms with Crippen LogP contribution in [-0.2, 0) is 4.79 Å². The number of imidazole rings is 1. The lowest BCUT2D eigenvalue weighted by molar-refractivity contribution is -0.127. The van der Waals surface area contributed by atoms with Crippen molar-refractivity contribution in [2.45, 2.75) is 24.3 Å². The zero-order valence-corrected chi connectivity index (χ0v) is 16.3. The molecule has 0 saturated carbocycles. The van der Waals surface area contributed by atoms with Crippen LogP contribution in [0.15, 0.2) is 66.0 Å². The van der Waals surface area contributed by atoms with Crippen molar-refractivity contribution < 1.29 is 4.79 Å². The average molecular weight is 366 g/mol. The second-order valence-corrected chi connectivity index (χ2v) is 7.76. The quantitative estimate of drug-likeness (QED) is 0.628. The molecule has 0 aliphatic carbocycles. The molecule has 2 aromatic carbocycles. The van der Waals surface area contributed by atoms with Gasteiger partial charge in [-0.1, -0.05) is 59.8 Å². The Morgan fingerprint density at radius 1 is 1.08 bits per heavy atom. The molecule has 0 N–H and O–H groups in total. The normalized spacial score (nSPS) is 12.0. The highest BCUT2D eigenvalue weighted by atomic mass is 32.2. The smallest absolute Gasteiger partial charge is 0.235 e. The molecule has 26 heavy (non-hydrogen) atoms. The molecular weight excluding hydrogens is 342 g/mol. The first-order valence-corrected chi connectivity index (χ1v) is 9.43. The molecule has 4 nitrogen and oxygen atoms in total. The van der Waals surface area contributed by atoms with Gasteiger partial charge in [-0.3, -0.25) is 9.36 Å². The molecule has 3 aromatic rings. The third-order valence-electron chi connectivity index (χ3n) is 4.16. The summed E-state index contributed by atoms with van der Waals surface area (Å²) < 4.78 is 2.12. The molecule has 0 fully saturated rings. The molecule has 134 valence electrons. The maximum atomic E-state index is 12.3. The van der Waals surface area contributed by atoms with Gasteiger partial charge >= 0.3 is 0 Å². The van der Waals surface area contributed by atoms with E-state index in [9.17, 15) is 4.79 Å². The molecule has 0 aliphatic heterocycles. The third-order valence-corrected chi connectivity index (χ3v) is 5.22. The van der Waals surface area contributed by atoms with E-state index in [1.54, 1.807) is 19.0 Å². The lowest BCUT2D eigenvalue weighted by Gasteiger charge is -2.17. The number of aromatic nitrogens is 2. The van der Waals surface area contributed by atoms with Gasteiger partial charge in [0.25, 0.3) is 0 Å². The van der Waals surface area contributed by atoms with Crippen molar-refractivity contribution in [3.63, 3.8) is 0 Å². The molecule has 1 heterocycles. The van der Waals surface area contributed by atoms with E-state index in [-0.39, 0.29) is 11.2 Å². The second kappa shape index (κ2) is 7.79. The number of thioether (sulfide) groups is 1. The van der Waals surface area contributed by atoms with Crippen molar-refractivity contribution >= 4 is 17.7 Å². The summed E-state index contributed by atoms with van der Waals surface area (Å²) in [5.41, 5.74) is 4.36. The van der Waals surface area contributed by atoms with E-state index in [4.69, 9.17) is 0 Å². The van der Waals surface area contributed by atoms with E-state index in [0.717, 1.165) is 22.1 Å². The first kappa shape index (κ1) is 18.3. The predicted molar refractivity (Wildman–Crippen MR) is 108 cm³/mol. The van der Waals surface area contributed by atoms with E-state index >= 15 is 0 Å². The van der Waals surface area contributed by atoms with Crippen LogP contribution in [0.5, 0.6) is 0 Å². The zero-order valence-electron chi connectivity index (χ0n) is 15.5. The Bertz CT molecular complexity index is 885. The first-order valence-electron chi connectivity index (χ1n) is 8.55. The highest BCUT2D eigenvalue weighted by Crippen LogP contribution is 2.32. The summed E-state index contributed by atoms with van der Waals surface area (Å²) in [6, 6.07) is 18.6. The van der Waals surface area contributed by atoms with Crippen molar-refractivity contribution in [1.29, 1.82) is 0 Å². The Balaban J connectivity index is 2.06. The van der Waals surface area contributed by atoms with Crippen molar-refractivity contribution in [2.24, 2.45) is 0 Å². The molecule has 5 heteroatoms. The number of aryl methyl sites for hydroxylation is 1. The zero-order chi connectivity index (χ0) is 18.7. The van der Waals surface area contributed by atoms with Crippen LogP contribution in [0.3, 0.4) is 0 Å². The predicted octanol–water partition coefficient (Wildman–Crippen LogP) is 4.42. The summed E-state index contributed by atoms with van der Waals surface area (Å²) >= 11 is 1.48. The van der Waals surface area contributed by atoms with E-state index in [0.29, 0.717) is 0 Å². The number of carbonyl (C=O) groups excluding carboxylic acids is 1. The van der Waals surface area contributed by atoms with E-state index in [2.05, 4.69) is 52.9 Å². The van der Waals surface area contributed by atoms with Crippen LogP contribution < -0.4 is 0 Å². The van der Waals surface area contributed by atoms with Crippen LogP contribution in [0.25, 0.3) is 16.9 Å². The molecule has 1 amide bonds. The number of nitrogens with zero attached hydrogens (tertiary/aromatic N) is 3. The fraction of sp³-hybridized carbons (Fsp3) is 0.238. The van der Waals surface area contributed by atoms with Gasteiger partial charge in [0.1, 0.15) is 0 Å². The van der Waals surface area contributed by atoms with Crippen molar-refractivity contribution in [3.05, 3.63) is 66.4 Å². The lowest BCUT2D eigenvalue weighted by atomic mass is 10.1. The number of amides is 1. The molecule has 3 rings (SSSR count). The molecule has 1 unspecified atom stereocenters. The summed E-state index contributed by atoms with van der Waals surface area (Å²) in [6.07, 6.45) is 1.88. The fourth-order valence-corrected chi connectivity index (χ4v) is 3.80. The Labute approximate surface area is 158 Å². The minimum Gasteiger partial charge on any atom is -0.348 e. The summed E-state index contributed by atoms with van der Waals surface area (Å²) in [7, 11) is 3.56. The van der Waals surface area contributed by atoms with Gasteiger partial charge in [0.2, 0.25) is 5.91 Å². The Kier molecular flexibility index (Phi) is 5.47. The van der Waals surface area contributed by atoms with Gasteiger partial charge in [-0.15, -0.1) is 0 Å². The van der Waals surface area contributed by atoms with Crippen molar-refractivity contribution in [2.75, 3.05) is 14.1 Å². The minimum atomic E-state index is -0.208. The van der Waals surface area contributed by atoms with Crippen LogP contribution in [-0.4, -0.2) is 39.7 Å². The van der Waals surface area contributed by atoms with Crippen LogP contribution in [0.2, 0.25) is 0 Å². The van der Waals surface area contributed by atoms with Crippen LogP contribution >= 0.6 is 11.8 Å². The molecule has 0 aliphatic rings. The largest absolute Gasteiger partial charge is 0.348 e. The number of benzene rings is 2. The fourth-order valence-electron chi connectivity index (χ4n) is 2.75. The highest BCUT2D eigenvalue weighted by molar-refractivity contribution is 8.00. The molecule has 1 aromatic heterocycles. The first-order chi connectivity index (χ1) is 12.5. The SMILES string of the molecule is Cc1ccc(-n2c(-c3ccccc3)cnc2SC(C)C(=O)N(C)C)cc1. The molecule has 0 saturated heterocycles. The average Bonchev–Trinajstić information content (AvgIpc) is 3.05. The number of carbonyl (C=O) groups is 1. The van der Waals surface area contributed by atoms with Gasteiger partial charge in [-0.2, -0.15) is 0 Å². The maximum Gasteiger partial charge on any atom is 0.235 e. The second-order valence-electron chi connectivity index (χ2n) is 6.46. The number of rotatable bonds is 5. The number of hydrogen-bond acceptors (Lipinski definition) is 3. The van der Waals surface area contributed by atoms with Crippen molar-refractivity contribution in [3.8, 4) is 16.9 Å². The Hall–Kier alpha value is -2.53. The molecule has 0 radical (unpaired) electrons. The number of hydrogen-bond donors (Lipinski definition) is 0. The maximum absolute atomic E-state index is 12.3. The van der Waals surface area contributed by atoms with Crippen molar-refractivity contribution in [1.82, 2.24) is 14.5 Å². The van der Waals surface area contributed by atoms with E-state index in [1.165, 1.54) is 17.3 Å². The highest BCUT2D eigenvalue weighted by Gasteiger charge is 2.21. The van der Waals surface area contributed by atoms with Gasteiger partial charge in [0.05, 0.1) is 17.1 Å². The monoisotopic (exact) mass is 365 g/mol. The summed E-state index contributed by atoms with van der Waals surface area (Å²) in [5.74, 6) is 0.0784.